The third-order valence-corrected chi connectivity index (χ3v) is 6.59. The highest BCUT2D eigenvalue weighted by atomic mass is 32.1. The number of likely N-dealkylation sites (tertiary alicyclic amines) is 1. The minimum absolute atomic E-state index is 0.00975. The number of ether oxygens (including phenoxy) is 4. The van der Waals surface area contributed by atoms with Gasteiger partial charge in [0.1, 0.15) is 9.88 Å². The minimum atomic E-state index is -0.321. The maximum Gasteiger partial charge on any atom is 0.266 e. The third kappa shape index (κ3) is 3.97. The van der Waals surface area contributed by atoms with Crippen molar-refractivity contribution in [3.63, 3.8) is 0 Å². The second-order valence-electron chi connectivity index (χ2n) is 7.17. The molecule has 7 nitrogen and oxygen atoms in total. The minimum Gasteiger partial charge on any atom is -0.493 e. The van der Waals surface area contributed by atoms with Gasteiger partial charge in [0, 0.05) is 12.1 Å². The van der Waals surface area contributed by atoms with Crippen molar-refractivity contribution in [1.82, 2.24) is 9.88 Å². The Labute approximate surface area is 174 Å². The van der Waals surface area contributed by atoms with Gasteiger partial charge >= 0.3 is 0 Å². The van der Waals surface area contributed by atoms with E-state index in [0.717, 1.165) is 42.1 Å². The molecule has 1 aromatic heterocycles. The smallest absolute Gasteiger partial charge is 0.266 e. The normalized spacial score (nSPS) is 20.1. The van der Waals surface area contributed by atoms with E-state index >= 15 is 0 Å². The number of nitrogens with zero attached hydrogens (tertiary/aromatic N) is 2. The lowest BCUT2D eigenvalue weighted by atomic mass is 10.0. The summed E-state index contributed by atoms with van der Waals surface area (Å²) in [7, 11) is 3.21. The number of rotatable bonds is 5. The highest BCUT2D eigenvalue weighted by Crippen LogP contribution is 2.36. The molecule has 1 unspecified atom stereocenters. The molecule has 0 aliphatic carbocycles. The van der Waals surface area contributed by atoms with Gasteiger partial charge in [0.15, 0.2) is 17.8 Å². The van der Waals surface area contributed by atoms with Crippen molar-refractivity contribution in [3.05, 3.63) is 28.8 Å². The molecule has 0 N–H and O–H groups in total. The molecule has 2 fully saturated rings. The topological polar surface area (TPSA) is 70.1 Å². The van der Waals surface area contributed by atoms with Gasteiger partial charge in [0.2, 0.25) is 0 Å². The average Bonchev–Trinajstić information content (AvgIpc) is 3.43. The first-order valence-electron chi connectivity index (χ1n) is 9.86. The summed E-state index contributed by atoms with van der Waals surface area (Å²) >= 11 is 1.41. The summed E-state index contributed by atoms with van der Waals surface area (Å²) in [5.41, 5.74) is 1.63. The van der Waals surface area contributed by atoms with Gasteiger partial charge in [-0.25, -0.2) is 4.98 Å². The zero-order chi connectivity index (χ0) is 20.4. The first-order chi connectivity index (χ1) is 14.1. The molecule has 4 rings (SSSR count). The second-order valence-corrected chi connectivity index (χ2v) is 8.17. The van der Waals surface area contributed by atoms with E-state index in [-0.39, 0.29) is 18.2 Å². The molecule has 0 spiro atoms. The highest BCUT2D eigenvalue weighted by Gasteiger charge is 2.37. The lowest BCUT2D eigenvalue weighted by Gasteiger charge is -2.37. The van der Waals surface area contributed by atoms with Crippen molar-refractivity contribution in [1.29, 1.82) is 0 Å². The molecular formula is C21H26N2O5S. The van der Waals surface area contributed by atoms with Gasteiger partial charge in [0.25, 0.3) is 5.91 Å². The Kier molecular flexibility index (Phi) is 6.03. The average molecular weight is 419 g/mol. The summed E-state index contributed by atoms with van der Waals surface area (Å²) in [5, 5.41) is 0.786. The van der Waals surface area contributed by atoms with Crippen LogP contribution < -0.4 is 9.47 Å². The molecule has 2 saturated heterocycles. The Hall–Kier alpha value is -2.16. The molecular weight excluding hydrogens is 392 g/mol. The molecule has 3 heterocycles. The van der Waals surface area contributed by atoms with E-state index in [2.05, 4.69) is 4.98 Å². The van der Waals surface area contributed by atoms with Gasteiger partial charge in [-0.1, -0.05) is 0 Å². The Morgan fingerprint density at radius 2 is 1.93 bits per heavy atom. The molecule has 29 heavy (non-hydrogen) atoms. The van der Waals surface area contributed by atoms with Crippen LogP contribution in [0.3, 0.4) is 0 Å². The van der Waals surface area contributed by atoms with Gasteiger partial charge in [-0.05, 0) is 44.4 Å². The van der Waals surface area contributed by atoms with Crippen LogP contribution in [0.1, 0.15) is 34.6 Å². The fraction of sp³-hybridized carbons (Fsp3) is 0.524. The van der Waals surface area contributed by atoms with Crippen LogP contribution in [0.4, 0.5) is 0 Å². The van der Waals surface area contributed by atoms with Crippen molar-refractivity contribution in [3.8, 4) is 22.1 Å². The molecule has 1 aromatic carbocycles. The molecule has 0 bridgehead atoms. The summed E-state index contributed by atoms with van der Waals surface area (Å²) < 4.78 is 22.1. The number of benzene rings is 1. The number of hydrogen-bond acceptors (Lipinski definition) is 7. The number of aryl methyl sites for hydroxylation is 1. The highest BCUT2D eigenvalue weighted by molar-refractivity contribution is 7.17. The van der Waals surface area contributed by atoms with Gasteiger partial charge in [-0.15, -0.1) is 11.3 Å². The van der Waals surface area contributed by atoms with Gasteiger partial charge < -0.3 is 23.8 Å². The van der Waals surface area contributed by atoms with Crippen LogP contribution in [-0.2, 0) is 9.47 Å². The number of amides is 1. The molecule has 1 atom stereocenters. The molecule has 2 aliphatic rings. The number of hydrogen-bond donors (Lipinski definition) is 0. The van der Waals surface area contributed by atoms with Crippen molar-refractivity contribution in [2.75, 3.05) is 34.0 Å². The SMILES string of the molecule is COc1ccc(-c2nc(C)c(C(=O)N3CCCCC3C3OCCO3)s2)cc1OC. The molecule has 2 aliphatic heterocycles. The fourth-order valence-corrected chi connectivity index (χ4v) is 4.93. The zero-order valence-electron chi connectivity index (χ0n) is 17.0. The van der Waals surface area contributed by atoms with Gasteiger partial charge in [0.05, 0.1) is 39.2 Å². The number of aromatic nitrogens is 1. The van der Waals surface area contributed by atoms with Crippen LogP contribution >= 0.6 is 11.3 Å². The van der Waals surface area contributed by atoms with Crippen LogP contribution in [0.25, 0.3) is 10.6 Å². The maximum absolute atomic E-state index is 13.4. The quantitative estimate of drug-likeness (QED) is 0.740. The summed E-state index contributed by atoms with van der Waals surface area (Å²) in [5.74, 6) is 1.31. The number of carbonyl (C=O) groups is 1. The van der Waals surface area contributed by atoms with E-state index in [1.165, 1.54) is 11.3 Å². The lowest BCUT2D eigenvalue weighted by Crippen LogP contribution is -2.50. The number of thiazole rings is 1. The summed E-state index contributed by atoms with van der Waals surface area (Å²) in [4.78, 5) is 20.6. The maximum atomic E-state index is 13.4. The predicted molar refractivity (Wildman–Crippen MR) is 110 cm³/mol. The standard InChI is InChI=1S/C21H26N2O5S/c1-13-18(20(24)23-9-5-4-6-15(23)21-27-10-11-28-21)29-19(22-13)14-7-8-16(25-2)17(12-14)26-3/h7-8,12,15,21H,4-6,9-11H2,1-3H3. The van der Waals surface area contributed by atoms with Crippen LogP contribution in [0.15, 0.2) is 18.2 Å². The Bertz CT molecular complexity index is 878. The fourth-order valence-electron chi connectivity index (χ4n) is 3.91. The molecule has 2 aromatic rings. The molecule has 0 saturated carbocycles. The monoisotopic (exact) mass is 418 g/mol. The second kappa shape index (κ2) is 8.69. The lowest BCUT2D eigenvalue weighted by molar-refractivity contribution is -0.100. The molecule has 156 valence electrons. The van der Waals surface area contributed by atoms with E-state index < -0.39 is 0 Å². The van der Waals surface area contributed by atoms with Crippen LogP contribution in [0.5, 0.6) is 11.5 Å². The molecule has 0 radical (unpaired) electrons. The van der Waals surface area contributed by atoms with Gasteiger partial charge in [-0.2, -0.15) is 0 Å². The Morgan fingerprint density at radius 1 is 1.17 bits per heavy atom. The number of methoxy groups -OCH3 is 2. The summed E-state index contributed by atoms with van der Waals surface area (Å²) in [6.07, 6.45) is 2.65. The first kappa shape index (κ1) is 20.1. The largest absolute Gasteiger partial charge is 0.493 e. The van der Waals surface area contributed by atoms with Crippen LogP contribution in [0, 0.1) is 6.92 Å². The van der Waals surface area contributed by atoms with Crippen LogP contribution in [0.2, 0.25) is 0 Å². The third-order valence-electron chi connectivity index (χ3n) is 5.39. The van der Waals surface area contributed by atoms with Crippen molar-refractivity contribution in [2.24, 2.45) is 0 Å². The Morgan fingerprint density at radius 3 is 2.66 bits per heavy atom. The first-order valence-corrected chi connectivity index (χ1v) is 10.7. The molecule has 8 heteroatoms. The van der Waals surface area contributed by atoms with E-state index in [1.54, 1.807) is 14.2 Å². The Balaban J connectivity index is 1.61. The number of carbonyl (C=O) groups excluding carboxylic acids is 1. The van der Waals surface area contributed by atoms with Gasteiger partial charge in [-0.3, -0.25) is 4.79 Å². The van der Waals surface area contributed by atoms with E-state index in [9.17, 15) is 4.79 Å². The van der Waals surface area contributed by atoms with Crippen molar-refractivity contribution < 1.29 is 23.7 Å². The number of piperidine rings is 1. The summed E-state index contributed by atoms with van der Waals surface area (Å²) in [6.45, 7) is 3.78. The predicted octanol–water partition coefficient (Wildman–Crippen LogP) is 3.50. The van der Waals surface area contributed by atoms with Crippen molar-refractivity contribution in [2.45, 2.75) is 38.5 Å². The van der Waals surface area contributed by atoms with Crippen LogP contribution in [-0.4, -0.2) is 62.1 Å². The van der Waals surface area contributed by atoms with E-state index in [0.29, 0.717) is 29.6 Å². The zero-order valence-corrected chi connectivity index (χ0v) is 17.8. The summed E-state index contributed by atoms with van der Waals surface area (Å²) in [6, 6.07) is 5.62. The van der Waals surface area contributed by atoms with Crippen molar-refractivity contribution >= 4 is 17.2 Å². The van der Waals surface area contributed by atoms with E-state index in [4.69, 9.17) is 18.9 Å². The molecule has 1 amide bonds. The van der Waals surface area contributed by atoms with E-state index in [1.807, 2.05) is 30.0 Å².